The van der Waals surface area contributed by atoms with Crippen molar-refractivity contribution in [2.24, 2.45) is 0 Å². The molecule has 10 heteroatoms. The molecule has 3 heterocycles. The van der Waals surface area contributed by atoms with Gasteiger partial charge in [0.05, 0.1) is 5.56 Å². The molecule has 0 aliphatic rings. The van der Waals surface area contributed by atoms with Gasteiger partial charge in [0, 0.05) is 32.7 Å². The number of nitrogens with zero attached hydrogens (tertiary/aromatic N) is 3. The Morgan fingerprint density at radius 1 is 0.408 bits per heavy atom. The van der Waals surface area contributed by atoms with Crippen LogP contribution >= 0.6 is 0 Å². The highest BCUT2D eigenvalue weighted by Gasteiger charge is 2.21. The number of benzene rings is 6. The smallest absolute Gasteiger partial charge is 0.167 e. The van der Waals surface area contributed by atoms with Gasteiger partial charge in [0.2, 0.25) is 0 Å². The normalized spacial score (nSPS) is 11.7. The molecular weight excluding hydrogens is 597 g/mol. The fourth-order valence-corrected chi connectivity index (χ4v) is 6.59. The van der Waals surface area contributed by atoms with Crippen molar-refractivity contribution in [3.05, 3.63) is 109 Å². The fourth-order valence-electron chi connectivity index (χ4n) is 6.59. The molecule has 0 saturated carbocycles. The molecule has 9 aromatic rings. The van der Waals surface area contributed by atoms with Crippen LogP contribution in [-0.2, 0) is 0 Å². The van der Waals surface area contributed by atoms with E-state index in [2.05, 4.69) is 0 Å². The molecule has 0 saturated heterocycles. The van der Waals surface area contributed by atoms with E-state index in [1.54, 1.807) is 0 Å². The molecule has 10 radical (unpaired) electrons. The fraction of sp³-hybridized carbons (Fsp3) is 0. The van der Waals surface area contributed by atoms with Gasteiger partial charge in [-0.05, 0) is 41.5 Å². The van der Waals surface area contributed by atoms with Gasteiger partial charge in [-0.2, -0.15) is 0 Å². The molecule has 9 rings (SSSR count). The van der Waals surface area contributed by atoms with E-state index in [-0.39, 0.29) is 27.3 Å². The van der Waals surface area contributed by atoms with Crippen LogP contribution in [0.25, 0.3) is 89.2 Å². The lowest BCUT2D eigenvalue weighted by atomic mass is 9.59. The number of fused-ring (bicyclic) bond motifs is 6. The Bertz CT molecular complexity index is 2760. The minimum atomic E-state index is 0.161. The van der Waals surface area contributed by atoms with Gasteiger partial charge in [0.1, 0.15) is 61.6 Å². The molecule has 0 unspecified atom stereocenters. The topological polar surface area (TPSA) is 65.0 Å². The maximum absolute atomic E-state index is 6.45. The van der Waals surface area contributed by atoms with Crippen LogP contribution in [0.1, 0.15) is 0 Å². The molecule has 0 amide bonds. The van der Waals surface area contributed by atoms with Crippen LogP contribution in [0.2, 0.25) is 0 Å². The zero-order valence-corrected chi connectivity index (χ0v) is 25.9. The number of hydrogen-bond acceptors (Lipinski definition) is 5. The predicted octanol–water partition coefficient (Wildman–Crippen LogP) is 4.31. The first-order valence-corrected chi connectivity index (χ1v) is 15.6. The van der Waals surface area contributed by atoms with Crippen LogP contribution in [0.15, 0.2) is 118 Å². The van der Waals surface area contributed by atoms with E-state index in [1.165, 1.54) is 0 Å². The van der Waals surface area contributed by atoms with Crippen molar-refractivity contribution in [1.29, 1.82) is 0 Å². The molecule has 0 atom stereocenters. The van der Waals surface area contributed by atoms with Gasteiger partial charge in [-0.3, -0.25) is 0 Å². The molecular formula is C39H18B5N3O2. The van der Waals surface area contributed by atoms with Gasteiger partial charge in [0.15, 0.2) is 17.5 Å². The van der Waals surface area contributed by atoms with E-state index in [1.807, 2.05) is 109 Å². The highest BCUT2D eigenvalue weighted by molar-refractivity contribution is 6.68. The van der Waals surface area contributed by atoms with Crippen LogP contribution < -0.4 is 27.3 Å². The van der Waals surface area contributed by atoms with Gasteiger partial charge in [-0.15, -0.1) is 16.4 Å². The Morgan fingerprint density at radius 3 is 1.80 bits per heavy atom. The lowest BCUT2D eigenvalue weighted by Gasteiger charge is -2.21. The van der Waals surface area contributed by atoms with Gasteiger partial charge >= 0.3 is 0 Å². The third kappa shape index (κ3) is 4.58. The quantitative estimate of drug-likeness (QED) is 0.277. The number of aromatic nitrogens is 3. The lowest BCUT2D eigenvalue weighted by molar-refractivity contribution is 0.668. The van der Waals surface area contributed by atoms with Crippen molar-refractivity contribution in [3.63, 3.8) is 0 Å². The monoisotopic (exact) mass is 615 g/mol. The third-order valence-electron chi connectivity index (χ3n) is 9.04. The summed E-state index contributed by atoms with van der Waals surface area (Å²) in [6.45, 7) is 0. The average Bonchev–Trinajstić information content (AvgIpc) is 3.72. The van der Waals surface area contributed by atoms with E-state index in [4.69, 9.17) is 63.0 Å². The van der Waals surface area contributed by atoms with Gasteiger partial charge in [-0.1, -0.05) is 89.8 Å². The van der Waals surface area contributed by atoms with Crippen molar-refractivity contribution in [1.82, 2.24) is 15.0 Å². The van der Waals surface area contributed by atoms with E-state index in [0.717, 1.165) is 43.8 Å². The third-order valence-corrected chi connectivity index (χ3v) is 9.04. The summed E-state index contributed by atoms with van der Waals surface area (Å²) in [5.41, 5.74) is 7.42. The molecule has 3 aromatic heterocycles. The van der Waals surface area contributed by atoms with Crippen LogP contribution in [0.3, 0.4) is 0 Å². The minimum absolute atomic E-state index is 0.161. The standard InChI is InChI=1S/C39H18B5N3O2/c40-31-29(32(41)34(43)35(44)33(31)42)20-16-17-27-25(18-20)30-23(12-7-15-28(30)48-27)38-45-37(19-8-2-1-3-9-19)46-39(47-38)24-13-6-11-22-21-10-4-5-14-26(21)49-36(22)24/h1-18H. The molecule has 0 N–H and O–H groups in total. The molecule has 0 fully saturated rings. The van der Waals surface area contributed by atoms with E-state index >= 15 is 0 Å². The molecule has 0 bridgehead atoms. The van der Waals surface area contributed by atoms with Crippen LogP contribution in [0.5, 0.6) is 0 Å². The Hall–Kier alpha value is -5.75. The van der Waals surface area contributed by atoms with Crippen molar-refractivity contribution in [2.75, 3.05) is 0 Å². The zero-order chi connectivity index (χ0) is 33.4. The Kier molecular flexibility index (Phi) is 6.70. The average molecular weight is 615 g/mol. The summed E-state index contributed by atoms with van der Waals surface area (Å²) < 4.78 is 12.7. The van der Waals surface area contributed by atoms with Gasteiger partial charge in [-0.25, -0.2) is 15.0 Å². The first-order valence-electron chi connectivity index (χ1n) is 15.6. The van der Waals surface area contributed by atoms with Gasteiger partial charge < -0.3 is 8.83 Å². The summed E-state index contributed by atoms with van der Waals surface area (Å²) in [5.74, 6) is 1.47. The van der Waals surface area contributed by atoms with Crippen LogP contribution in [0.4, 0.5) is 0 Å². The maximum Gasteiger partial charge on any atom is 0.167 e. The Morgan fingerprint density at radius 2 is 1.00 bits per heavy atom. The molecule has 0 aliphatic carbocycles. The van der Waals surface area contributed by atoms with Crippen molar-refractivity contribution in [3.8, 4) is 45.3 Å². The lowest BCUT2D eigenvalue weighted by Crippen LogP contribution is -2.55. The summed E-state index contributed by atoms with van der Waals surface area (Å²) in [6, 6.07) is 35.3. The van der Waals surface area contributed by atoms with E-state index in [0.29, 0.717) is 45.3 Å². The number of para-hydroxylation sites is 2. The van der Waals surface area contributed by atoms with Gasteiger partial charge in [0.25, 0.3) is 0 Å². The second kappa shape index (κ2) is 11.2. The largest absolute Gasteiger partial charge is 0.456 e. The minimum Gasteiger partial charge on any atom is -0.456 e. The molecule has 0 spiro atoms. The first kappa shape index (κ1) is 29.4. The zero-order valence-electron chi connectivity index (χ0n) is 25.9. The number of rotatable bonds is 4. The molecule has 5 nitrogen and oxygen atoms in total. The number of hydrogen-bond donors (Lipinski definition) is 0. The van der Waals surface area contributed by atoms with Crippen molar-refractivity contribution < 1.29 is 8.83 Å². The van der Waals surface area contributed by atoms with Crippen molar-refractivity contribution in [2.45, 2.75) is 0 Å². The second-order valence-electron chi connectivity index (χ2n) is 11.9. The maximum atomic E-state index is 6.45. The SMILES string of the molecule is [B]c1c([B])c([B])c(-c2ccc3oc4cccc(-c5nc(-c6ccccc6)nc(-c6cccc7c6oc6ccccc67)n5)c4c3c2)c([B])c1[B]. The van der Waals surface area contributed by atoms with Crippen LogP contribution in [-0.4, -0.2) is 54.2 Å². The van der Waals surface area contributed by atoms with E-state index < -0.39 is 0 Å². The number of furan rings is 2. The molecule has 49 heavy (non-hydrogen) atoms. The first-order chi connectivity index (χ1) is 23.9. The molecule has 6 aromatic carbocycles. The summed E-state index contributed by atoms with van der Waals surface area (Å²) >= 11 is 0. The second-order valence-corrected chi connectivity index (χ2v) is 11.9. The Labute approximate surface area is 287 Å². The predicted molar refractivity (Wildman–Crippen MR) is 203 cm³/mol. The van der Waals surface area contributed by atoms with Crippen LogP contribution in [0, 0.1) is 0 Å². The highest BCUT2D eigenvalue weighted by Crippen LogP contribution is 2.39. The summed E-state index contributed by atoms with van der Waals surface area (Å²) in [5, 5.41) is 3.62. The molecule has 216 valence electrons. The molecule has 0 aliphatic heterocycles. The van der Waals surface area contributed by atoms with E-state index in [9.17, 15) is 0 Å². The summed E-state index contributed by atoms with van der Waals surface area (Å²) in [6.07, 6.45) is 0. The summed E-state index contributed by atoms with van der Waals surface area (Å²) in [4.78, 5) is 15.1. The van der Waals surface area contributed by atoms with Crippen molar-refractivity contribution >= 4 is 110 Å². The highest BCUT2D eigenvalue weighted by atomic mass is 16.3. The Balaban J connectivity index is 1.31. The summed E-state index contributed by atoms with van der Waals surface area (Å²) in [7, 11) is 31.4.